The lowest BCUT2D eigenvalue weighted by atomic mass is 9.79. The molecule has 0 radical (unpaired) electrons. The van der Waals surface area contributed by atoms with Gasteiger partial charge in [-0.1, -0.05) is 11.1 Å². The monoisotopic (exact) mass is 426 g/mol. The van der Waals surface area contributed by atoms with Crippen LogP contribution in [-0.4, -0.2) is 29.0 Å². The summed E-state index contributed by atoms with van der Waals surface area (Å²) in [6.45, 7) is 3.95. The van der Waals surface area contributed by atoms with Crippen molar-refractivity contribution in [1.82, 2.24) is 10.9 Å². The molecule has 0 aliphatic heterocycles. The molecule has 0 spiro atoms. The number of rotatable bonds is 5. The summed E-state index contributed by atoms with van der Waals surface area (Å²) >= 11 is 0. The van der Waals surface area contributed by atoms with Gasteiger partial charge >= 0.3 is 5.97 Å². The number of carbonyl (C=O) groups excluding carboxylic acids is 2. The van der Waals surface area contributed by atoms with Gasteiger partial charge in [0, 0.05) is 5.56 Å². The van der Waals surface area contributed by atoms with E-state index in [-0.39, 0.29) is 17.9 Å². The fraction of sp³-hybridized carbons (Fsp3) is 0.542. The van der Waals surface area contributed by atoms with Gasteiger partial charge < -0.3 is 9.84 Å². The predicted molar refractivity (Wildman–Crippen MR) is 114 cm³/mol. The SMILES string of the molecule is CC(C)=C1[C@H]2CC[C@H]1[C@@H](C(=O)NNC(=O)c1ccc(OC3CCCC3)cc1)[C@@H]2C(=O)O. The standard InChI is InChI=1S/C24H30N2O5/c1-13(2)19-17-11-12-18(19)21(24(29)30)20(17)23(28)26-25-22(27)14-7-9-16(10-8-14)31-15-5-3-4-6-15/h7-10,15,17-18,20-21H,3-6,11-12H2,1-2H3,(H,25,27)(H,26,28)(H,29,30)/t17-,18-,20-,21-/m1/s1. The zero-order chi connectivity index (χ0) is 22.1. The van der Waals surface area contributed by atoms with Gasteiger partial charge in [0.05, 0.1) is 17.9 Å². The van der Waals surface area contributed by atoms with Crippen LogP contribution in [0.3, 0.4) is 0 Å². The number of nitrogens with one attached hydrogen (secondary N) is 2. The third kappa shape index (κ3) is 4.18. The molecular formula is C24H30N2O5. The zero-order valence-corrected chi connectivity index (χ0v) is 18.0. The molecule has 0 heterocycles. The Morgan fingerprint density at radius 3 is 2.10 bits per heavy atom. The highest BCUT2D eigenvalue weighted by atomic mass is 16.5. The lowest BCUT2D eigenvalue weighted by Crippen LogP contribution is -2.48. The summed E-state index contributed by atoms with van der Waals surface area (Å²) in [5, 5.41) is 9.74. The maximum absolute atomic E-state index is 12.9. The molecule has 0 saturated heterocycles. The summed E-state index contributed by atoms with van der Waals surface area (Å²) in [5.41, 5.74) is 7.51. The van der Waals surface area contributed by atoms with Gasteiger partial charge in [0.1, 0.15) is 5.75 Å². The molecule has 2 bridgehead atoms. The van der Waals surface area contributed by atoms with Gasteiger partial charge in [-0.05, 0) is 88.5 Å². The predicted octanol–water partition coefficient (Wildman–Crippen LogP) is 3.46. The van der Waals surface area contributed by atoms with Crippen LogP contribution in [0.2, 0.25) is 0 Å². The molecule has 0 unspecified atom stereocenters. The molecule has 1 aromatic carbocycles. The third-order valence-corrected chi connectivity index (χ3v) is 7.03. The molecule has 3 N–H and O–H groups in total. The van der Waals surface area contributed by atoms with Crippen LogP contribution in [0.4, 0.5) is 0 Å². The van der Waals surface area contributed by atoms with Gasteiger partial charge in [-0.15, -0.1) is 0 Å². The summed E-state index contributed by atoms with van der Waals surface area (Å²) in [5.74, 6) is -2.67. The molecule has 0 aromatic heterocycles. The van der Waals surface area contributed by atoms with Gasteiger partial charge in [0.25, 0.3) is 5.91 Å². The Hall–Kier alpha value is -2.83. The first-order valence-corrected chi connectivity index (χ1v) is 11.1. The Balaban J connectivity index is 1.37. The van der Waals surface area contributed by atoms with Crippen LogP contribution in [0.25, 0.3) is 0 Å². The average molecular weight is 427 g/mol. The van der Waals surface area contributed by atoms with E-state index >= 15 is 0 Å². The van der Waals surface area contributed by atoms with E-state index in [1.165, 1.54) is 12.8 Å². The summed E-state index contributed by atoms with van der Waals surface area (Å²) < 4.78 is 5.91. The number of hydrogen-bond donors (Lipinski definition) is 3. The van der Waals surface area contributed by atoms with Gasteiger partial charge in [0.2, 0.25) is 5.91 Å². The van der Waals surface area contributed by atoms with E-state index < -0.39 is 29.6 Å². The summed E-state index contributed by atoms with van der Waals surface area (Å²) in [6, 6.07) is 6.83. The molecule has 4 atom stereocenters. The fourth-order valence-electron chi connectivity index (χ4n) is 5.76. The topological polar surface area (TPSA) is 105 Å². The molecule has 2 amide bonds. The maximum Gasteiger partial charge on any atom is 0.307 e. The van der Waals surface area contributed by atoms with Crippen molar-refractivity contribution in [1.29, 1.82) is 0 Å². The van der Waals surface area contributed by atoms with E-state index in [1.807, 2.05) is 13.8 Å². The number of carbonyl (C=O) groups is 3. The van der Waals surface area contributed by atoms with Crippen molar-refractivity contribution >= 4 is 17.8 Å². The molecule has 31 heavy (non-hydrogen) atoms. The van der Waals surface area contributed by atoms with Crippen LogP contribution < -0.4 is 15.6 Å². The lowest BCUT2D eigenvalue weighted by Gasteiger charge is -2.26. The molecule has 3 fully saturated rings. The van der Waals surface area contributed by atoms with E-state index in [1.54, 1.807) is 24.3 Å². The number of amides is 2. The number of hydrogen-bond acceptors (Lipinski definition) is 4. The number of hydrazine groups is 1. The summed E-state index contributed by atoms with van der Waals surface area (Å²) in [6.07, 6.45) is 6.34. The van der Waals surface area contributed by atoms with E-state index in [2.05, 4.69) is 10.9 Å². The second kappa shape index (κ2) is 8.73. The number of fused-ring (bicyclic) bond motifs is 2. The highest BCUT2D eigenvalue weighted by Crippen LogP contribution is 2.57. The Morgan fingerprint density at radius 1 is 0.903 bits per heavy atom. The molecule has 7 nitrogen and oxygen atoms in total. The number of aliphatic carboxylic acids is 1. The third-order valence-electron chi connectivity index (χ3n) is 7.03. The molecular weight excluding hydrogens is 396 g/mol. The maximum atomic E-state index is 12.9. The lowest BCUT2D eigenvalue weighted by molar-refractivity contribution is -0.149. The first kappa shape index (κ1) is 21.4. The number of ether oxygens (including phenoxy) is 1. The Bertz CT molecular complexity index is 897. The second-order valence-corrected chi connectivity index (χ2v) is 9.13. The second-order valence-electron chi connectivity index (χ2n) is 9.13. The average Bonchev–Trinajstić information content (AvgIpc) is 3.47. The minimum atomic E-state index is -0.949. The van der Waals surface area contributed by atoms with Crippen molar-refractivity contribution in [2.24, 2.45) is 23.7 Å². The number of carboxylic acid groups (broad SMARTS) is 1. The number of benzene rings is 1. The normalized spacial score (nSPS) is 27.2. The molecule has 1 aromatic rings. The first-order chi connectivity index (χ1) is 14.9. The van der Waals surface area contributed by atoms with Crippen LogP contribution in [0.5, 0.6) is 5.75 Å². The van der Waals surface area contributed by atoms with Crippen molar-refractivity contribution in [3.63, 3.8) is 0 Å². The van der Waals surface area contributed by atoms with Gasteiger partial charge in [-0.2, -0.15) is 0 Å². The van der Waals surface area contributed by atoms with Crippen LogP contribution in [0, 0.1) is 23.7 Å². The van der Waals surface area contributed by atoms with E-state index in [0.29, 0.717) is 5.56 Å². The van der Waals surface area contributed by atoms with Gasteiger partial charge in [0.15, 0.2) is 0 Å². The molecule has 3 aliphatic carbocycles. The van der Waals surface area contributed by atoms with Crippen molar-refractivity contribution < 1.29 is 24.2 Å². The molecule has 7 heteroatoms. The van der Waals surface area contributed by atoms with Gasteiger partial charge in [-0.25, -0.2) is 0 Å². The molecule has 166 valence electrons. The molecule has 3 aliphatic rings. The van der Waals surface area contributed by atoms with E-state index in [0.717, 1.165) is 42.6 Å². The number of allylic oxidation sites excluding steroid dienone is 2. The summed E-state index contributed by atoms with van der Waals surface area (Å²) in [7, 11) is 0. The van der Waals surface area contributed by atoms with E-state index in [9.17, 15) is 19.5 Å². The highest BCUT2D eigenvalue weighted by Gasteiger charge is 2.57. The smallest absolute Gasteiger partial charge is 0.307 e. The fourth-order valence-corrected chi connectivity index (χ4v) is 5.76. The van der Waals surface area contributed by atoms with Crippen LogP contribution in [0.15, 0.2) is 35.4 Å². The highest BCUT2D eigenvalue weighted by molar-refractivity contribution is 5.96. The molecule has 4 rings (SSSR count). The van der Waals surface area contributed by atoms with Crippen LogP contribution >= 0.6 is 0 Å². The largest absolute Gasteiger partial charge is 0.490 e. The van der Waals surface area contributed by atoms with Crippen LogP contribution in [-0.2, 0) is 9.59 Å². The zero-order valence-electron chi connectivity index (χ0n) is 18.0. The first-order valence-electron chi connectivity index (χ1n) is 11.1. The van der Waals surface area contributed by atoms with Crippen molar-refractivity contribution in [2.75, 3.05) is 0 Å². The van der Waals surface area contributed by atoms with Crippen molar-refractivity contribution in [3.05, 3.63) is 41.0 Å². The van der Waals surface area contributed by atoms with Crippen molar-refractivity contribution in [3.8, 4) is 5.75 Å². The Kier molecular flexibility index (Phi) is 6.03. The van der Waals surface area contributed by atoms with Gasteiger partial charge in [-0.3, -0.25) is 25.2 Å². The Labute approximate surface area is 182 Å². The van der Waals surface area contributed by atoms with Crippen molar-refractivity contribution in [2.45, 2.75) is 58.5 Å². The molecule has 3 saturated carbocycles. The summed E-state index contributed by atoms with van der Waals surface area (Å²) in [4.78, 5) is 37.2. The van der Waals surface area contributed by atoms with E-state index in [4.69, 9.17) is 4.74 Å². The quantitative estimate of drug-likeness (QED) is 0.494. The van der Waals surface area contributed by atoms with Crippen LogP contribution in [0.1, 0.15) is 62.7 Å². The minimum absolute atomic E-state index is 0.0694. The minimum Gasteiger partial charge on any atom is -0.490 e. The number of carboxylic acids is 1. The Morgan fingerprint density at radius 2 is 1.52 bits per heavy atom.